The molecule has 0 unspecified atom stereocenters. The van der Waals surface area contributed by atoms with E-state index in [9.17, 15) is 4.79 Å². The molecule has 2 rings (SSSR count). The minimum atomic E-state index is 0.0168. The number of fused-ring (bicyclic) bond motifs is 1. The van der Waals surface area contributed by atoms with Crippen LogP contribution in [0.3, 0.4) is 0 Å². The van der Waals surface area contributed by atoms with Crippen LogP contribution in [-0.4, -0.2) is 12.4 Å². The molecule has 0 amide bonds. The maximum Gasteiger partial charge on any atom is 0.189 e. The van der Waals surface area contributed by atoms with Gasteiger partial charge in [-0.3, -0.25) is 4.79 Å². The largest absolute Gasteiger partial charge is 0.489 e. The molecule has 0 fully saturated rings. The second-order valence-electron chi connectivity index (χ2n) is 2.57. The number of ether oxygens (including phenoxy) is 1. The van der Waals surface area contributed by atoms with Crippen LogP contribution in [0.5, 0.6) is 5.75 Å². The minimum Gasteiger partial charge on any atom is -0.489 e. The number of ketones is 1. The van der Waals surface area contributed by atoms with Gasteiger partial charge in [-0.2, -0.15) is 0 Å². The van der Waals surface area contributed by atoms with E-state index in [-0.39, 0.29) is 5.78 Å². The van der Waals surface area contributed by atoms with Gasteiger partial charge in [-0.05, 0) is 24.3 Å². The third-order valence-corrected chi connectivity index (χ3v) is 1.76. The predicted molar refractivity (Wildman–Crippen MR) is 45.4 cm³/mol. The van der Waals surface area contributed by atoms with Gasteiger partial charge in [0.15, 0.2) is 5.78 Å². The molecule has 0 saturated heterocycles. The maximum absolute atomic E-state index is 11.3. The van der Waals surface area contributed by atoms with E-state index in [4.69, 9.17) is 4.74 Å². The van der Waals surface area contributed by atoms with Crippen LogP contribution in [0.15, 0.2) is 36.4 Å². The van der Waals surface area contributed by atoms with Crippen molar-refractivity contribution in [3.05, 3.63) is 42.0 Å². The lowest BCUT2D eigenvalue weighted by atomic mass is 10.1. The van der Waals surface area contributed by atoms with Crippen LogP contribution in [0.1, 0.15) is 10.4 Å². The summed E-state index contributed by atoms with van der Waals surface area (Å²) in [5.41, 5.74) is 0.645. The minimum absolute atomic E-state index is 0.0168. The molecule has 2 heteroatoms. The van der Waals surface area contributed by atoms with Gasteiger partial charge in [0.1, 0.15) is 12.4 Å². The van der Waals surface area contributed by atoms with Crippen LogP contribution in [0.2, 0.25) is 0 Å². The van der Waals surface area contributed by atoms with E-state index in [1.807, 2.05) is 12.1 Å². The molecule has 1 heterocycles. The van der Waals surface area contributed by atoms with E-state index >= 15 is 0 Å². The first-order chi connectivity index (χ1) is 5.88. The second-order valence-corrected chi connectivity index (χ2v) is 2.57. The Morgan fingerprint density at radius 1 is 1.25 bits per heavy atom. The van der Waals surface area contributed by atoms with Gasteiger partial charge in [-0.25, -0.2) is 0 Å². The summed E-state index contributed by atoms with van der Waals surface area (Å²) in [6.07, 6.45) is 3.27. The van der Waals surface area contributed by atoms with Crippen LogP contribution in [-0.2, 0) is 0 Å². The van der Waals surface area contributed by atoms with E-state index in [2.05, 4.69) is 0 Å². The Morgan fingerprint density at radius 3 is 3.00 bits per heavy atom. The van der Waals surface area contributed by atoms with E-state index in [1.54, 1.807) is 24.3 Å². The summed E-state index contributed by atoms with van der Waals surface area (Å²) in [5.74, 6) is 0.690. The molecule has 60 valence electrons. The van der Waals surface area contributed by atoms with Gasteiger partial charge in [0, 0.05) is 0 Å². The highest BCUT2D eigenvalue weighted by Gasteiger charge is 2.10. The van der Waals surface area contributed by atoms with Crippen molar-refractivity contribution in [2.24, 2.45) is 0 Å². The summed E-state index contributed by atoms with van der Waals surface area (Å²) in [5, 5.41) is 0. The predicted octanol–water partition coefficient (Wildman–Crippen LogP) is 1.82. The molecular weight excluding hydrogens is 152 g/mol. The van der Waals surface area contributed by atoms with Crippen molar-refractivity contribution in [3.63, 3.8) is 0 Å². The number of carbonyl (C=O) groups is 1. The zero-order valence-electron chi connectivity index (χ0n) is 6.49. The van der Waals surface area contributed by atoms with Crippen LogP contribution < -0.4 is 4.74 Å². The number of allylic oxidation sites excluding steroid dienone is 1. The normalized spacial score (nSPS) is 14.8. The van der Waals surface area contributed by atoms with Gasteiger partial charge in [0.25, 0.3) is 0 Å². The summed E-state index contributed by atoms with van der Waals surface area (Å²) >= 11 is 0. The van der Waals surface area contributed by atoms with Crippen molar-refractivity contribution in [2.45, 2.75) is 0 Å². The Bertz CT molecular complexity index is 339. The van der Waals surface area contributed by atoms with Crippen molar-refractivity contribution >= 4 is 5.78 Å². The Hall–Kier alpha value is -1.57. The highest BCUT2D eigenvalue weighted by molar-refractivity contribution is 6.06. The molecule has 0 bridgehead atoms. The summed E-state index contributed by atoms with van der Waals surface area (Å²) in [6, 6.07) is 7.27. The van der Waals surface area contributed by atoms with Crippen molar-refractivity contribution in [2.75, 3.05) is 6.61 Å². The SMILES string of the molecule is O=C1C=CCOc2ccccc21. The fourth-order valence-electron chi connectivity index (χ4n) is 1.18. The zero-order chi connectivity index (χ0) is 8.39. The summed E-state index contributed by atoms with van der Waals surface area (Å²) in [7, 11) is 0. The molecule has 1 aliphatic rings. The van der Waals surface area contributed by atoms with Crippen LogP contribution in [0, 0.1) is 0 Å². The van der Waals surface area contributed by atoms with Crippen LogP contribution in [0.4, 0.5) is 0 Å². The number of para-hydroxylation sites is 1. The Morgan fingerprint density at radius 2 is 2.08 bits per heavy atom. The topological polar surface area (TPSA) is 26.3 Å². The van der Waals surface area contributed by atoms with Crippen molar-refractivity contribution < 1.29 is 9.53 Å². The fraction of sp³-hybridized carbons (Fsp3) is 0.100. The second kappa shape index (κ2) is 2.81. The smallest absolute Gasteiger partial charge is 0.189 e. The van der Waals surface area contributed by atoms with Gasteiger partial charge in [-0.15, -0.1) is 0 Å². The van der Waals surface area contributed by atoms with Gasteiger partial charge in [0.2, 0.25) is 0 Å². The van der Waals surface area contributed by atoms with Gasteiger partial charge >= 0.3 is 0 Å². The molecule has 0 N–H and O–H groups in total. The number of hydrogen-bond donors (Lipinski definition) is 0. The standard InChI is InChI=1S/C10H8O2/c11-9-5-3-7-12-10-6-2-1-4-8(9)10/h1-6H,7H2. The molecule has 0 radical (unpaired) electrons. The van der Waals surface area contributed by atoms with Crippen molar-refractivity contribution in [1.82, 2.24) is 0 Å². The Labute approximate surface area is 70.5 Å². The quantitative estimate of drug-likeness (QED) is 0.578. The third-order valence-electron chi connectivity index (χ3n) is 1.76. The molecule has 0 aromatic heterocycles. The highest BCUT2D eigenvalue weighted by atomic mass is 16.5. The first-order valence-electron chi connectivity index (χ1n) is 3.80. The Kier molecular flexibility index (Phi) is 1.67. The first-order valence-corrected chi connectivity index (χ1v) is 3.80. The maximum atomic E-state index is 11.3. The first kappa shape index (κ1) is 7.10. The lowest BCUT2D eigenvalue weighted by Gasteiger charge is -2.03. The van der Waals surface area contributed by atoms with E-state index in [0.29, 0.717) is 17.9 Å². The third kappa shape index (κ3) is 1.11. The fourth-order valence-corrected chi connectivity index (χ4v) is 1.18. The summed E-state index contributed by atoms with van der Waals surface area (Å²) in [6.45, 7) is 0.475. The summed E-state index contributed by atoms with van der Waals surface area (Å²) in [4.78, 5) is 11.3. The zero-order valence-corrected chi connectivity index (χ0v) is 6.49. The molecule has 12 heavy (non-hydrogen) atoms. The number of benzene rings is 1. The summed E-state index contributed by atoms with van der Waals surface area (Å²) < 4.78 is 5.31. The van der Waals surface area contributed by atoms with Gasteiger partial charge in [-0.1, -0.05) is 12.1 Å². The lowest BCUT2D eigenvalue weighted by Crippen LogP contribution is -1.96. The van der Waals surface area contributed by atoms with Crippen LogP contribution >= 0.6 is 0 Å². The van der Waals surface area contributed by atoms with Gasteiger partial charge in [0.05, 0.1) is 5.56 Å². The molecule has 2 nitrogen and oxygen atoms in total. The number of rotatable bonds is 0. The van der Waals surface area contributed by atoms with Crippen molar-refractivity contribution in [1.29, 1.82) is 0 Å². The molecule has 1 aromatic rings. The molecule has 0 atom stereocenters. The molecule has 0 spiro atoms. The van der Waals surface area contributed by atoms with Crippen LogP contribution in [0.25, 0.3) is 0 Å². The number of hydrogen-bond acceptors (Lipinski definition) is 2. The van der Waals surface area contributed by atoms with E-state index in [1.165, 1.54) is 0 Å². The molecule has 0 saturated carbocycles. The molecule has 1 aromatic carbocycles. The van der Waals surface area contributed by atoms with E-state index in [0.717, 1.165) is 0 Å². The average molecular weight is 160 g/mol. The average Bonchev–Trinajstić information content (AvgIpc) is 2.29. The molecule has 0 aliphatic carbocycles. The monoisotopic (exact) mass is 160 g/mol. The van der Waals surface area contributed by atoms with Crippen molar-refractivity contribution in [3.8, 4) is 5.75 Å². The van der Waals surface area contributed by atoms with E-state index < -0.39 is 0 Å². The molecule has 1 aliphatic heterocycles. The van der Waals surface area contributed by atoms with Gasteiger partial charge < -0.3 is 4.74 Å². The highest BCUT2D eigenvalue weighted by Crippen LogP contribution is 2.20. The Balaban J connectivity index is 2.53. The molecular formula is C10H8O2. The lowest BCUT2D eigenvalue weighted by molar-refractivity contribution is 0.104. The number of carbonyl (C=O) groups excluding carboxylic acids is 1.